The van der Waals surface area contributed by atoms with Gasteiger partial charge in [0.2, 0.25) is 0 Å². The number of hydroxylamine groups is 1. The maximum absolute atomic E-state index is 11.2. The molecule has 2 aliphatic rings. The topological polar surface area (TPSA) is 68.3 Å². The van der Waals surface area contributed by atoms with Gasteiger partial charge in [-0.05, 0) is 42.2 Å². The standard InChI is InChI=1S/C28H38N4O3/c1-22-17-31(19-25-8-6-24(7-9-25)10-11-28(33)29-34)18-23(2)32(22)21-27-5-3-4-26(16-27)20-30-12-14-35-15-13-30/h3-11,16,22-23,34H,12-15,17-21H2,1-2H3,(H,29,33)/t22-,23+. The highest BCUT2D eigenvalue weighted by atomic mass is 16.5. The molecule has 0 saturated carbocycles. The molecule has 35 heavy (non-hydrogen) atoms. The van der Waals surface area contributed by atoms with E-state index in [1.165, 1.54) is 22.8 Å². The largest absolute Gasteiger partial charge is 0.379 e. The molecule has 0 spiro atoms. The Bertz CT molecular complexity index is 976. The van der Waals surface area contributed by atoms with Crippen LogP contribution in [0.5, 0.6) is 0 Å². The normalized spacial score (nSPS) is 22.5. The summed E-state index contributed by atoms with van der Waals surface area (Å²) in [6, 6.07) is 18.2. The van der Waals surface area contributed by atoms with Crippen molar-refractivity contribution in [3.8, 4) is 0 Å². The van der Waals surface area contributed by atoms with E-state index in [9.17, 15) is 4.79 Å². The van der Waals surface area contributed by atoms with E-state index in [1.807, 2.05) is 12.1 Å². The molecule has 2 atom stereocenters. The lowest BCUT2D eigenvalue weighted by atomic mass is 10.0. The van der Waals surface area contributed by atoms with Crippen molar-refractivity contribution in [2.75, 3.05) is 39.4 Å². The van der Waals surface area contributed by atoms with Gasteiger partial charge in [-0.25, -0.2) is 5.48 Å². The van der Waals surface area contributed by atoms with Crippen molar-refractivity contribution in [1.29, 1.82) is 0 Å². The zero-order chi connectivity index (χ0) is 24.6. The summed E-state index contributed by atoms with van der Waals surface area (Å²) in [5.41, 5.74) is 6.57. The second-order valence-electron chi connectivity index (χ2n) is 9.82. The number of carbonyl (C=O) groups is 1. The molecular weight excluding hydrogens is 440 g/mol. The lowest BCUT2D eigenvalue weighted by Gasteiger charge is -2.44. The van der Waals surface area contributed by atoms with Gasteiger partial charge in [0.05, 0.1) is 13.2 Å². The number of amides is 1. The van der Waals surface area contributed by atoms with Crippen LogP contribution in [-0.2, 0) is 29.2 Å². The van der Waals surface area contributed by atoms with Gasteiger partial charge in [0.25, 0.3) is 5.91 Å². The number of hydrogen-bond acceptors (Lipinski definition) is 6. The van der Waals surface area contributed by atoms with E-state index in [-0.39, 0.29) is 0 Å². The molecule has 1 amide bonds. The molecule has 0 aromatic heterocycles. The number of ether oxygens (including phenoxy) is 1. The summed E-state index contributed by atoms with van der Waals surface area (Å²) in [6.07, 6.45) is 3.00. The maximum Gasteiger partial charge on any atom is 0.267 e. The molecular formula is C28H38N4O3. The van der Waals surface area contributed by atoms with Gasteiger partial charge in [0.1, 0.15) is 0 Å². The van der Waals surface area contributed by atoms with Crippen molar-refractivity contribution in [2.45, 2.75) is 45.6 Å². The van der Waals surface area contributed by atoms with Gasteiger partial charge >= 0.3 is 0 Å². The lowest BCUT2D eigenvalue weighted by Crippen LogP contribution is -2.55. The van der Waals surface area contributed by atoms with Crippen molar-refractivity contribution < 1.29 is 14.7 Å². The quantitative estimate of drug-likeness (QED) is 0.345. The Hall–Kier alpha value is -2.55. The predicted molar refractivity (Wildman–Crippen MR) is 138 cm³/mol. The van der Waals surface area contributed by atoms with Gasteiger partial charge in [-0.3, -0.25) is 24.7 Å². The summed E-state index contributed by atoms with van der Waals surface area (Å²) in [6.45, 7) is 13.3. The van der Waals surface area contributed by atoms with Crippen molar-refractivity contribution >= 4 is 12.0 Å². The third-order valence-corrected chi connectivity index (χ3v) is 6.97. The van der Waals surface area contributed by atoms with Crippen LogP contribution in [0.1, 0.15) is 36.1 Å². The molecule has 2 aromatic rings. The molecule has 2 aliphatic heterocycles. The summed E-state index contributed by atoms with van der Waals surface area (Å²) >= 11 is 0. The molecule has 0 bridgehead atoms. The molecule has 7 heteroatoms. The summed E-state index contributed by atoms with van der Waals surface area (Å²) in [5.74, 6) is -0.529. The van der Waals surface area contributed by atoms with E-state index in [0.717, 1.165) is 64.6 Å². The zero-order valence-electron chi connectivity index (χ0n) is 20.9. The van der Waals surface area contributed by atoms with Gasteiger partial charge in [0, 0.05) is 64.0 Å². The van der Waals surface area contributed by atoms with Gasteiger partial charge in [0.15, 0.2) is 0 Å². The minimum atomic E-state index is -0.529. The fourth-order valence-electron chi connectivity index (χ4n) is 5.16. The number of carbonyl (C=O) groups excluding carboxylic acids is 1. The molecule has 0 unspecified atom stereocenters. The van der Waals surface area contributed by atoms with Crippen LogP contribution in [0.4, 0.5) is 0 Å². The fourth-order valence-corrected chi connectivity index (χ4v) is 5.16. The Morgan fingerprint density at radius 3 is 2.23 bits per heavy atom. The molecule has 2 N–H and O–H groups in total. The summed E-state index contributed by atoms with van der Waals surface area (Å²) < 4.78 is 5.48. The number of benzene rings is 2. The third-order valence-electron chi connectivity index (χ3n) is 6.97. The monoisotopic (exact) mass is 478 g/mol. The van der Waals surface area contributed by atoms with Gasteiger partial charge in [-0.2, -0.15) is 0 Å². The zero-order valence-corrected chi connectivity index (χ0v) is 20.9. The molecule has 7 nitrogen and oxygen atoms in total. The first-order valence-corrected chi connectivity index (χ1v) is 12.6. The molecule has 0 aliphatic carbocycles. The van der Waals surface area contributed by atoms with E-state index in [1.54, 1.807) is 11.6 Å². The van der Waals surface area contributed by atoms with Crippen molar-refractivity contribution in [1.82, 2.24) is 20.2 Å². The number of nitrogens with zero attached hydrogens (tertiary/aromatic N) is 3. The number of hydrogen-bond donors (Lipinski definition) is 2. The average molecular weight is 479 g/mol. The summed E-state index contributed by atoms with van der Waals surface area (Å²) in [5, 5.41) is 8.59. The van der Waals surface area contributed by atoms with E-state index in [2.05, 4.69) is 64.9 Å². The highest BCUT2D eigenvalue weighted by Gasteiger charge is 2.29. The van der Waals surface area contributed by atoms with Gasteiger partial charge in [-0.15, -0.1) is 0 Å². The first-order chi connectivity index (χ1) is 17.0. The number of piperazine rings is 1. The minimum absolute atomic E-state index is 0.473. The highest BCUT2D eigenvalue weighted by molar-refractivity contribution is 5.90. The first-order valence-electron chi connectivity index (χ1n) is 12.6. The van der Waals surface area contributed by atoms with Crippen LogP contribution in [0, 0.1) is 0 Å². The Morgan fingerprint density at radius 2 is 1.57 bits per heavy atom. The number of rotatable bonds is 8. The summed E-state index contributed by atoms with van der Waals surface area (Å²) in [4.78, 5) is 18.8. The molecule has 2 aromatic carbocycles. The van der Waals surface area contributed by atoms with Crippen molar-refractivity contribution in [3.05, 3.63) is 76.9 Å². The van der Waals surface area contributed by atoms with Crippen LogP contribution in [0.25, 0.3) is 6.08 Å². The van der Waals surface area contributed by atoms with E-state index in [0.29, 0.717) is 12.1 Å². The molecule has 2 fully saturated rings. The molecule has 4 rings (SSSR count). The lowest BCUT2D eigenvalue weighted by molar-refractivity contribution is -0.124. The van der Waals surface area contributed by atoms with Gasteiger partial charge < -0.3 is 4.74 Å². The van der Waals surface area contributed by atoms with Crippen molar-refractivity contribution in [2.24, 2.45) is 0 Å². The minimum Gasteiger partial charge on any atom is -0.379 e. The molecule has 0 radical (unpaired) electrons. The van der Waals surface area contributed by atoms with Crippen LogP contribution < -0.4 is 5.48 Å². The van der Waals surface area contributed by atoms with Crippen LogP contribution >= 0.6 is 0 Å². The third kappa shape index (κ3) is 7.46. The van der Waals surface area contributed by atoms with Gasteiger partial charge in [-0.1, -0.05) is 48.5 Å². The first kappa shape index (κ1) is 25.5. The van der Waals surface area contributed by atoms with E-state index in [4.69, 9.17) is 9.94 Å². The van der Waals surface area contributed by atoms with E-state index < -0.39 is 5.91 Å². The average Bonchev–Trinajstić information content (AvgIpc) is 2.86. The summed E-state index contributed by atoms with van der Waals surface area (Å²) in [7, 11) is 0. The Balaban J connectivity index is 1.30. The van der Waals surface area contributed by atoms with Crippen LogP contribution in [0.2, 0.25) is 0 Å². The molecule has 2 heterocycles. The van der Waals surface area contributed by atoms with E-state index >= 15 is 0 Å². The van der Waals surface area contributed by atoms with Crippen LogP contribution in [-0.4, -0.2) is 77.3 Å². The maximum atomic E-state index is 11.2. The highest BCUT2D eigenvalue weighted by Crippen LogP contribution is 2.22. The van der Waals surface area contributed by atoms with Crippen LogP contribution in [0.15, 0.2) is 54.6 Å². The second kappa shape index (κ2) is 12.4. The number of morpholine rings is 1. The van der Waals surface area contributed by atoms with Crippen LogP contribution in [0.3, 0.4) is 0 Å². The fraction of sp³-hybridized carbons (Fsp3) is 0.464. The Morgan fingerprint density at radius 1 is 0.943 bits per heavy atom. The molecule has 2 saturated heterocycles. The second-order valence-corrected chi connectivity index (χ2v) is 9.82. The van der Waals surface area contributed by atoms with Crippen molar-refractivity contribution in [3.63, 3.8) is 0 Å². The smallest absolute Gasteiger partial charge is 0.267 e. The predicted octanol–water partition coefficient (Wildman–Crippen LogP) is 3.13. The number of nitrogens with one attached hydrogen (secondary N) is 1. The Kier molecular flexibility index (Phi) is 9.06. The SMILES string of the molecule is C[C@@H]1CN(Cc2ccc(C=CC(=O)NO)cc2)C[C@H](C)N1Cc1cccc(CN2CCOCC2)c1. The molecule has 188 valence electrons. The Labute approximate surface area is 208 Å².